The van der Waals surface area contributed by atoms with Crippen molar-refractivity contribution in [1.82, 2.24) is 0 Å². The van der Waals surface area contributed by atoms with Gasteiger partial charge in [-0.25, -0.2) is 0 Å². The molecular formula is C13H29N. The zero-order valence-electron chi connectivity index (χ0n) is 10.2. The number of nitrogens with two attached hydrogens (primary N) is 1. The van der Waals surface area contributed by atoms with Crippen molar-refractivity contribution >= 4 is 0 Å². The lowest BCUT2D eigenvalue weighted by atomic mass is 10.0. The van der Waals surface area contributed by atoms with E-state index in [9.17, 15) is 0 Å². The molecule has 0 aromatic carbocycles. The predicted octanol–water partition coefficient (Wildman–Crippen LogP) is 4.11. The lowest BCUT2D eigenvalue weighted by molar-refractivity contribution is 0.508. The average molecular weight is 199 g/mol. The van der Waals surface area contributed by atoms with Crippen LogP contribution < -0.4 is 5.73 Å². The van der Waals surface area contributed by atoms with Crippen LogP contribution in [0.2, 0.25) is 0 Å². The Bertz CT molecular complexity index is 99.4. The molecule has 0 saturated carbocycles. The normalized spacial score (nSPS) is 11.1. The van der Waals surface area contributed by atoms with E-state index in [2.05, 4.69) is 13.8 Å². The van der Waals surface area contributed by atoms with Crippen LogP contribution in [-0.4, -0.2) is 6.54 Å². The summed E-state index contributed by atoms with van der Waals surface area (Å²) in [6, 6.07) is 0. The van der Waals surface area contributed by atoms with Crippen LogP contribution in [0, 0.1) is 5.92 Å². The van der Waals surface area contributed by atoms with Crippen molar-refractivity contribution in [2.75, 3.05) is 6.54 Å². The van der Waals surface area contributed by atoms with Gasteiger partial charge in [0.05, 0.1) is 0 Å². The molecule has 0 aromatic heterocycles. The van der Waals surface area contributed by atoms with Crippen LogP contribution in [0.4, 0.5) is 0 Å². The fraction of sp³-hybridized carbons (Fsp3) is 1.00. The smallest absolute Gasteiger partial charge is 0.00773 e. The summed E-state index contributed by atoms with van der Waals surface area (Å²) < 4.78 is 0. The van der Waals surface area contributed by atoms with Crippen LogP contribution in [0.1, 0.15) is 71.6 Å². The summed E-state index contributed by atoms with van der Waals surface area (Å²) in [5.41, 5.74) is 5.44. The van der Waals surface area contributed by atoms with E-state index in [-0.39, 0.29) is 0 Å². The Hall–Kier alpha value is -0.0400. The van der Waals surface area contributed by atoms with Gasteiger partial charge in [-0.1, -0.05) is 65.2 Å². The van der Waals surface area contributed by atoms with E-state index in [1.165, 1.54) is 57.8 Å². The summed E-state index contributed by atoms with van der Waals surface area (Å²) in [5, 5.41) is 0. The molecule has 0 aliphatic rings. The van der Waals surface area contributed by atoms with E-state index in [0.717, 1.165) is 12.5 Å². The second-order valence-corrected chi connectivity index (χ2v) is 4.80. The molecule has 0 bridgehead atoms. The maximum atomic E-state index is 5.44. The Labute approximate surface area is 90.5 Å². The summed E-state index contributed by atoms with van der Waals surface area (Å²) in [4.78, 5) is 0. The molecule has 0 rings (SSSR count). The third kappa shape index (κ3) is 12.0. The first-order chi connectivity index (χ1) is 6.77. The lowest BCUT2D eigenvalue weighted by Crippen LogP contribution is -1.97. The van der Waals surface area contributed by atoms with E-state index >= 15 is 0 Å². The standard InChI is InChI=1S/C13H29N/c1-13(2)11-9-7-5-3-4-6-8-10-12-14/h13H,3-12,14H2,1-2H3. The monoisotopic (exact) mass is 199 g/mol. The highest BCUT2D eigenvalue weighted by atomic mass is 14.5. The van der Waals surface area contributed by atoms with Crippen LogP contribution >= 0.6 is 0 Å². The molecule has 0 amide bonds. The van der Waals surface area contributed by atoms with Crippen molar-refractivity contribution in [3.63, 3.8) is 0 Å². The highest BCUT2D eigenvalue weighted by Crippen LogP contribution is 2.12. The Morgan fingerprint density at radius 1 is 0.714 bits per heavy atom. The fourth-order valence-electron chi connectivity index (χ4n) is 1.76. The molecule has 0 aromatic rings. The number of hydrogen-bond acceptors (Lipinski definition) is 1. The molecule has 0 aliphatic carbocycles. The molecular weight excluding hydrogens is 170 g/mol. The van der Waals surface area contributed by atoms with Gasteiger partial charge in [-0.2, -0.15) is 0 Å². The van der Waals surface area contributed by atoms with E-state index in [1.807, 2.05) is 0 Å². The third-order valence-electron chi connectivity index (χ3n) is 2.74. The van der Waals surface area contributed by atoms with Crippen LogP contribution in [0.3, 0.4) is 0 Å². The van der Waals surface area contributed by atoms with Crippen LogP contribution in [0.25, 0.3) is 0 Å². The number of hydrogen-bond donors (Lipinski definition) is 1. The minimum atomic E-state index is 0.869. The summed E-state index contributed by atoms with van der Waals surface area (Å²) in [5.74, 6) is 0.888. The molecule has 1 heteroatoms. The maximum Gasteiger partial charge on any atom is -0.00773 e. The van der Waals surface area contributed by atoms with Gasteiger partial charge in [-0.15, -0.1) is 0 Å². The van der Waals surface area contributed by atoms with Crippen molar-refractivity contribution in [3.8, 4) is 0 Å². The van der Waals surface area contributed by atoms with Crippen molar-refractivity contribution in [2.24, 2.45) is 11.7 Å². The zero-order valence-corrected chi connectivity index (χ0v) is 10.2. The summed E-state index contributed by atoms with van der Waals surface area (Å²) >= 11 is 0. The van der Waals surface area contributed by atoms with Gasteiger partial charge in [-0.05, 0) is 18.9 Å². The summed E-state index contributed by atoms with van der Waals surface area (Å²) in [7, 11) is 0. The molecule has 0 saturated heterocycles. The Morgan fingerprint density at radius 2 is 1.14 bits per heavy atom. The van der Waals surface area contributed by atoms with Gasteiger partial charge in [0, 0.05) is 0 Å². The molecule has 0 fully saturated rings. The predicted molar refractivity (Wildman–Crippen MR) is 65.4 cm³/mol. The average Bonchev–Trinajstić information content (AvgIpc) is 2.15. The number of unbranched alkanes of at least 4 members (excludes halogenated alkanes) is 7. The molecule has 0 heterocycles. The first-order valence-corrected chi connectivity index (χ1v) is 6.47. The van der Waals surface area contributed by atoms with Crippen molar-refractivity contribution in [2.45, 2.75) is 71.6 Å². The van der Waals surface area contributed by atoms with Gasteiger partial charge in [0.2, 0.25) is 0 Å². The SMILES string of the molecule is CC(C)CCCCCCCCCCN. The van der Waals surface area contributed by atoms with Gasteiger partial charge in [0.25, 0.3) is 0 Å². The van der Waals surface area contributed by atoms with Gasteiger partial charge in [0.1, 0.15) is 0 Å². The minimum absolute atomic E-state index is 0.869. The second kappa shape index (κ2) is 11.0. The van der Waals surface area contributed by atoms with E-state index < -0.39 is 0 Å². The van der Waals surface area contributed by atoms with Crippen molar-refractivity contribution < 1.29 is 0 Å². The maximum absolute atomic E-state index is 5.44. The molecule has 0 unspecified atom stereocenters. The van der Waals surface area contributed by atoms with Crippen LogP contribution in [0.15, 0.2) is 0 Å². The summed E-state index contributed by atoms with van der Waals surface area (Å²) in [6.07, 6.45) is 12.5. The van der Waals surface area contributed by atoms with Gasteiger partial charge in [-0.3, -0.25) is 0 Å². The topological polar surface area (TPSA) is 26.0 Å². The highest BCUT2D eigenvalue weighted by molar-refractivity contribution is 4.49. The molecule has 0 aliphatic heterocycles. The highest BCUT2D eigenvalue weighted by Gasteiger charge is 1.94. The Morgan fingerprint density at radius 3 is 1.57 bits per heavy atom. The van der Waals surface area contributed by atoms with E-state index in [0.29, 0.717) is 0 Å². The van der Waals surface area contributed by atoms with Gasteiger partial charge >= 0.3 is 0 Å². The molecule has 14 heavy (non-hydrogen) atoms. The molecule has 0 spiro atoms. The fourth-order valence-corrected chi connectivity index (χ4v) is 1.76. The quantitative estimate of drug-likeness (QED) is 0.526. The zero-order chi connectivity index (χ0) is 10.6. The molecule has 0 radical (unpaired) electrons. The second-order valence-electron chi connectivity index (χ2n) is 4.80. The Kier molecular flexibility index (Phi) is 11.0. The lowest BCUT2D eigenvalue weighted by Gasteiger charge is -2.04. The van der Waals surface area contributed by atoms with Crippen molar-refractivity contribution in [1.29, 1.82) is 0 Å². The first-order valence-electron chi connectivity index (χ1n) is 6.47. The van der Waals surface area contributed by atoms with Crippen molar-refractivity contribution in [3.05, 3.63) is 0 Å². The molecule has 0 atom stereocenters. The summed E-state index contributed by atoms with van der Waals surface area (Å²) in [6.45, 7) is 5.49. The molecule has 2 N–H and O–H groups in total. The third-order valence-corrected chi connectivity index (χ3v) is 2.74. The number of rotatable bonds is 10. The largest absolute Gasteiger partial charge is 0.330 e. The van der Waals surface area contributed by atoms with Gasteiger partial charge in [0.15, 0.2) is 0 Å². The molecule has 86 valence electrons. The van der Waals surface area contributed by atoms with Gasteiger partial charge < -0.3 is 5.73 Å². The van der Waals surface area contributed by atoms with E-state index in [1.54, 1.807) is 0 Å². The van der Waals surface area contributed by atoms with Crippen LogP contribution in [0.5, 0.6) is 0 Å². The van der Waals surface area contributed by atoms with Crippen LogP contribution in [-0.2, 0) is 0 Å². The Balaban J connectivity index is 2.85. The minimum Gasteiger partial charge on any atom is -0.330 e. The first kappa shape index (κ1) is 14.0. The van der Waals surface area contributed by atoms with E-state index in [4.69, 9.17) is 5.73 Å². The molecule has 1 nitrogen and oxygen atoms in total.